The minimum absolute atomic E-state index is 0.0515. The molecule has 0 bridgehead atoms. The summed E-state index contributed by atoms with van der Waals surface area (Å²) in [5.41, 5.74) is 0.549. The van der Waals surface area contributed by atoms with E-state index in [4.69, 9.17) is 0 Å². The second-order valence-electron chi connectivity index (χ2n) is 7.12. The van der Waals surface area contributed by atoms with E-state index in [1.807, 2.05) is 0 Å². The van der Waals surface area contributed by atoms with E-state index in [2.05, 4.69) is 25.6 Å². The number of nitrogens with zero attached hydrogens (tertiary/aromatic N) is 4. The van der Waals surface area contributed by atoms with Gasteiger partial charge < -0.3 is 10.3 Å². The van der Waals surface area contributed by atoms with Gasteiger partial charge in [-0.3, -0.25) is 9.59 Å². The number of hydrogen-bond acceptors (Lipinski definition) is 5. The Morgan fingerprint density at radius 1 is 1.18 bits per heavy atom. The summed E-state index contributed by atoms with van der Waals surface area (Å²) in [4.78, 5) is 31.7. The normalized spacial score (nSPS) is 15.5. The van der Waals surface area contributed by atoms with Gasteiger partial charge in [0.25, 0.3) is 11.5 Å². The maximum atomic E-state index is 13.1. The Morgan fingerprint density at radius 3 is 2.61 bits per heavy atom. The summed E-state index contributed by atoms with van der Waals surface area (Å²) >= 11 is 0. The summed E-state index contributed by atoms with van der Waals surface area (Å²) < 4.78 is 14.5. The zero-order valence-electron chi connectivity index (χ0n) is 15.3. The van der Waals surface area contributed by atoms with Crippen molar-refractivity contribution in [2.24, 2.45) is 0 Å². The van der Waals surface area contributed by atoms with E-state index in [0.717, 1.165) is 31.2 Å². The molecule has 2 aromatic heterocycles. The number of carbonyl (C=O) groups is 1. The maximum Gasteiger partial charge on any atom is 0.287 e. The van der Waals surface area contributed by atoms with Gasteiger partial charge in [-0.15, -0.1) is 5.10 Å². The fourth-order valence-corrected chi connectivity index (χ4v) is 3.52. The summed E-state index contributed by atoms with van der Waals surface area (Å²) in [5, 5.41) is 10.8. The number of benzene rings is 1. The average molecular weight is 384 g/mol. The lowest BCUT2D eigenvalue weighted by Crippen LogP contribution is -2.36. The summed E-state index contributed by atoms with van der Waals surface area (Å²) in [5.74, 6) is -0.788. The molecule has 1 fully saturated rings. The predicted octanol–water partition coefficient (Wildman–Crippen LogP) is 2.15. The molecule has 0 unspecified atom stereocenters. The molecule has 146 valence electrons. The van der Waals surface area contributed by atoms with Gasteiger partial charge in [0.15, 0.2) is 11.2 Å². The van der Waals surface area contributed by atoms with Gasteiger partial charge in [-0.1, -0.05) is 43.0 Å². The van der Waals surface area contributed by atoms with E-state index in [1.54, 1.807) is 12.1 Å². The molecule has 28 heavy (non-hydrogen) atoms. The third-order valence-electron chi connectivity index (χ3n) is 5.02. The molecule has 9 heteroatoms. The Hall–Kier alpha value is -3.10. The Bertz CT molecular complexity index is 1030. The van der Waals surface area contributed by atoms with Gasteiger partial charge in [0.1, 0.15) is 5.82 Å². The van der Waals surface area contributed by atoms with E-state index in [1.165, 1.54) is 29.7 Å². The lowest BCUT2D eigenvalue weighted by Gasteiger charge is -2.15. The smallest absolute Gasteiger partial charge is 0.287 e. The number of carbonyl (C=O) groups excluding carboxylic acids is 1. The van der Waals surface area contributed by atoms with Crippen LogP contribution in [0.1, 0.15) is 54.7 Å². The first-order valence-corrected chi connectivity index (χ1v) is 9.49. The van der Waals surface area contributed by atoms with Gasteiger partial charge in [-0.2, -0.15) is 0 Å². The number of amides is 1. The Kier molecular flexibility index (Phi) is 5.14. The number of halogens is 1. The molecule has 1 aliphatic rings. The highest BCUT2D eigenvalue weighted by atomic mass is 19.1. The van der Waals surface area contributed by atoms with Gasteiger partial charge in [0.05, 0.1) is 6.54 Å². The molecule has 4 rings (SSSR count). The van der Waals surface area contributed by atoms with Crippen LogP contribution in [0.5, 0.6) is 0 Å². The molecule has 0 radical (unpaired) electrons. The Morgan fingerprint density at radius 2 is 1.89 bits per heavy atom. The molecule has 1 amide bonds. The highest BCUT2D eigenvalue weighted by Gasteiger charge is 2.20. The summed E-state index contributed by atoms with van der Waals surface area (Å²) in [6, 6.07) is 6.03. The SMILES string of the molecule is O=C(NC1CCCCCC1)c1nc2c(nnn2Cc2ccc(F)cc2)c(=O)[nH]1. The molecule has 1 saturated carbocycles. The first-order valence-electron chi connectivity index (χ1n) is 9.49. The van der Waals surface area contributed by atoms with Crippen molar-refractivity contribution in [1.82, 2.24) is 30.3 Å². The first-order chi connectivity index (χ1) is 13.6. The van der Waals surface area contributed by atoms with Crippen molar-refractivity contribution in [3.63, 3.8) is 0 Å². The van der Waals surface area contributed by atoms with E-state index in [9.17, 15) is 14.0 Å². The van der Waals surface area contributed by atoms with Crippen LogP contribution in [0.4, 0.5) is 4.39 Å². The van der Waals surface area contributed by atoms with Gasteiger partial charge >= 0.3 is 0 Å². The number of aromatic nitrogens is 5. The molecule has 1 aromatic carbocycles. The van der Waals surface area contributed by atoms with E-state index in [0.29, 0.717) is 0 Å². The zero-order valence-corrected chi connectivity index (χ0v) is 15.3. The van der Waals surface area contributed by atoms with Crippen molar-refractivity contribution in [2.75, 3.05) is 0 Å². The topological polar surface area (TPSA) is 106 Å². The molecular formula is C19H21FN6O2. The van der Waals surface area contributed by atoms with Crippen LogP contribution in [-0.4, -0.2) is 36.9 Å². The number of nitrogens with one attached hydrogen (secondary N) is 2. The Labute approximate surface area is 160 Å². The maximum absolute atomic E-state index is 13.1. The van der Waals surface area contributed by atoms with Crippen LogP contribution < -0.4 is 10.9 Å². The molecule has 2 heterocycles. The number of aromatic amines is 1. The summed E-state index contributed by atoms with van der Waals surface area (Å²) in [6.07, 6.45) is 6.40. The van der Waals surface area contributed by atoms with Crippen molar-refractivity contribution in [3.8, 4) is 0 Å². The molecule has 2 N–H and O–H groups in total. The molecule has 0 atom stereocenters. The number of H-pyrrole nitrogens is 1. The molecule has 0 aliphatic heterocycles. The third kappa shape index (κ3) is 3.92. The monoisotopic (exact) mass is 384 g/mol. The first kappa shape index (κ1) is 18.3. The molecule has 0 saturated heterocycles. The third-order valence-corrected chi connectivity index (χ3v) is 5.02. The van der Waals surface area contributed by atoms with Crippen molar-refractivity contribution in [1.29, 1.82) is 0 Å². The number of fused-ring (bicyclic) bond motifs is 1. The molecule has 1 aliphatic carbocycles. The second-order valence-corrected chi connectivity index (χ2v) is 7.12. The fraction of sp³-hybridized carbons (Fsp3) is 0.421. The predicted molar refractivity (Wildman–Crippen MR) is 100 cm³/mol. The standard InChI is InChI=1S/C19H21FN6O2/c20-13-9-7-12(8-10-13)11-26-17-15(24-25-26)18(27)23-16(22-17)19(28)21-14-5-3-1-2-4-6-14/h7-10,14H,1-6,11H2,(H,21,28)(H,22,23,27). The van der Waals surface area contributed by atoms with E-state index in [-0.39, 0.29) is 35.4 Å². The minimum atomic E-state index is -0.513. The summed E-state index contributed by atoms with van der Waals surface area (Å²) in [7, 11) is 0. The van der Waals surface area contributed by atoms with Gasteiger partial charge in [-0.25, -0.2) is 14.1 Å². The van der Waals surface area contributed by atoms with Gasteiger partial charge in [0.2, 0.25) is 5.82 Å². The quantitative estimate of drug-likeness (QED) is 0.671. The fourth-order valence-electron chi connectivity index (χ4n) is 3.52. The van der Waals surface area contributed by atoms with Crippen LogP contribution in [0.25, 0.3) is 11.2 Å². The van der Waals surface area contributed by atoms with Crippen LogP contribution in [0.3, 0.4) is 0 Å². The molecule has 3 aromatic rings. The van der Waals surface area contributed by atoms with Crippen LogP contribution in [0.15, 0.2) is 29.1 Å². The van der Waals surface area contributed by atoms with Crippen LogP contribution in [0, 0.1) is 5.82 Å². The summed E-state index contributed by atoms with van der Waals surface area (Å²) in [6.45, 7) is 0.261. The number of rotatable bonds is 4. The number of hydrogen-bond donors (Lipinski definition) is 2. The minimum Gasteiger partial charge on any atom is -0.347 e. The van der Waals surface area contributed by atoms with E-state index < -0.39 is 11.5 Å². The van der Waals surface area contributed by atoms with Crippen LogP contribution in [0.2, 0.25) is 0 Å². The lowest BCUT2D eigenvalue weighted by atomic mass is 10.1. The zero-order chi connectivity index (χ0) is 19.5. The molecule has 8 nitrogen and oxygen atoms in total. The Balaban J connectivity index is 1.60. The average Bonchev–Trinajstić information content (AvgIpc) is 2.91. The van der Waals surface area contributed by atoms with Gasteiger partial charge in [-0.05, 0) is 30.5 Å². The van der Waals surface area contributed by atoms with Crippen molar-refractivity contribution < 1.29 is 9.18 Å². The highest BCUT2D eigenvalue weighted by Crippen LogP contribution is 2.17. The largest absolute Gasteiger partial charge is 0.347 e. The lowest BCUT2D eigenvalue weighted by molar-refractivity contribution is 0.0923. The highest BCUT2D eigenvalue weighted by molar-refractivity contribution is 5.92. The van der Waals surface area contributed by atoms with Crippen LogP contribution >= 0.6 is 0 Å². The second kappa shape index (κ2) is 7.87. The van der Waals surface area contributed by atoms with Crippen molar-refractivity contribution in [2.45, 2.75) is 51.1 Å². The van der Waals surface area contributed by atoms with Crippen molar-refractivity contribution in [3.05, 3.63) is 51.8 Å². The van der Waals surface area contributed by atoms with Crippen molar-refractivity contribution >= 4 is 17.1 Å². The van der Waals surface area contributed by atoms with E-state index >= 15 is 0 Å². The molecule has 0 spiro atoms. The van der Waals surface area contributed by atoms with Gasteiger partial charge in [0, 0.05) is 6.04 Å². The van der Waals surface area contributed by atoms with Crippen LogP contribution in [-0.2, 0) is 6.54 Å². The molecular weight excluding hydrogens is 363 g/mol.